The second-order valence-corrected chi connectivity index (χ2v) is 5.05. The summed E-state index contributed by atoms with van der Waals surface area (Å²) >= 11 is 0. The van der Waals surface area contributed by atoms with Crippen LogP contribution < -0.4 is 10.1 Å². The SMILES string of the molecule is CC(=O)Nc1ccc(OCC(C)(C)C)cc1. The molecule has 0 saturated heterocycles. The lowest BCUT2D eigenvalue weighted by Gasteiger charge is -2.18. The first kappa shape index (κ1) is 12.6. The van der Waals surface area contributed by atoms with Gasteiger partial charge in [-0.15, -0.1) is 0 Å². The first-order valence-electron chi connectivity index (χ1n) is 5.37. The summed E-state index contributed by atoms with van der Waals surface area (Å²) in [6, 6.07) is 7.38. The zero-order chi connectivity index (χ0) is 12.2. The maximum absolute atomic E-state index is 10.8. The molecule has 1 aromatic rings. The second kappa shape index (κ2) is 5.01. The van der Waals surface area contributed by atoms with Crippen LogP contribution in [0.2, 0.25) is 0 Å². The van der Waals surface area contributed by atoms with Crippen molar-refractivity contribution < 1.29 is 9.53 Å². The number of rotatable bonds is 3. The second-order valence-electron chi connectivity index (χ2n) is 5.05. The topological polar surface area (TPSA) is 38.3 Å². The molecule has 0 bridgehead atoms. The van der Waals surface area contributed by atoms with Crippen molar-refractivity contribution in [2.75, 3.05) is 11.9 Å². The first-order chi connectivity index (χ1) is 7.37. The molecule has 88 valence electrons. The molecule has 1 rings (SSSR count). The molecule has 0 spiro atoms. The lowest BCUT2D eigenvalue weighted by Crippen LogP contribution is -2.16. The Labute approximate surface area is 96.8 Å². The molecule has 3 nitrogen and oxygen atoms in total. The van der Waals surface area contributed by atoms with E-state index in [0.717, 1.165) is 11.4 Å². The van der Waals surface area contributed by atoms with E-state index in [1.165, 1.54) is 6.92 Å². The van der Waals surface area contributed by atoms with Crippen molar-refractivity contribution in [3.63, 3.8) is 0 Å². The van der Waals surface area contributed by atoms with Gasteiger partial charge in [0.1, 0.15) is 5.75 Å². The highest BCUT2D eigenvalue weighted by atomic mass is 16.5. The molecule has 0 radical (unpaired) electrons. The van der Waals surface area contributed by atoms with Crippen LogP contribution in [0.4, 0.5) is 5.69 Å². The Bertz CT molecular complexity index is 349. The lowest BCUT2D eigenvalue weighted by atomic mass is 9.99. The minimum Gasteiger partial charge on any atom is -0.493 e. The van der Waals surface area contributed by atoms with Gasteiger partial charge in [-0.05, 0) is 29.7 Å². The number of amides is 1. The Morgan fingerprint density at radius 2 is 1.81 bits per heavy atom. The van der Waals surface area contributed by atoms with E-state index in [9.17, 15) is 4.79 Å². The first-order valence-corrected chi connectivity index (χ1v) is 5.37. The van der Waals surface area contributed by atoms with Crippen LogP contribution in [0.1, 0.15) is 27.7 Å². The van der Waals surface area contributed by atoms with Gasteiger partial charge in [-0.1, -0.05) is 20.8 Å². The molecule has 0 aliphatic rings. The molecule has 1 aromatic carbocycles. The maximum atomic E-state index is 10.8. The molecular weight excluding hydrogens is 202 g/mol. The predicted octanol–water partition coefficient (Wildman–Crippen LogP) is 3.07. The largest absolute Gasteiger partial charge is 0.493 e. The predicted molar refractivity (Wildman–Crippen MR) is 65.7 cm³/mol. The average Bonchev–Trinajstić information content (AvgIpc) is 2.14. The zero-order valence-corrected chi connectivity index (χ0v) is 10.3. The van der Waals surface area contributed by atoms with E-state index >= 15 is 0 Å². The quantitative estimate of drug-likeness (QED) is 0.851. The van der Waals surface area contributed by atoms with Crippen LogP contribution in [0.25, 0.3) is 0 Å². The number of benzene rings is 1. The van der Waals surface area contributed by atoms with Gasteiger partial charge < -0.3 is 10.1 Å². The molecule has 16 heavy (non-hydrogen) atoms. The Morgan fingerprint density at radius 3 is 2.25 bits per heavy atom. The van der Waals surface area contributed by atoms with Crippen LogP contribution in [-0.2, 0) is 4.79 Å². The van der Waals surface area contributed by atoms with Crippen LogP contribution in [0, 0.1) is 5.41 Å². The number of ether oxygens (including phenoxy) is 1. The summed E-state index contributed by atoms with van der Waals surface area (Å²) in [6.07, 6.45) is 0. The molecule has 3 heteroatoms. The summed E-state index contributed by atoms with van der Waals surface area (Å²) in [5.41, 5.74) is 0.937. The molecule has 0 aliphatic carbocycles. The van der Waals surface area contributed by atoms with Crippen LogP contribution in [-0.4, -0.2) is 12.5 Å². The fourth-order valence-electron chi connectivity index (χ4n) is 1.14. The summed E-state index contributed by atoms with van der Waals surface area (Å²) in [7, 11) is 0. The lowest BCUT2D eigenvalue weighted by molar-refractivity contribution is -0.114. The van der Waals surface area contributed by atoms with Gasteiger partial charge >= 0.3 is 0 Å². The van der Waals surface area contributed by atoms with Gasteiger partial charge in [0, 0.05) is 12.6 Å². The molecule has 0 aliphatic heterocycles. The minimum absolute atomic E-state index is 0.0663. The van der Waals surface area contributed by atoms with E-state index in [1.807, 2.05) is 24.3 Å². The van der Waals surface area contributed by atoms with Crippen molar-refractivity contribution in [3.05, 3.63) is 24.3 Å². The van der Waals surface area contributed by atoms with Gasteiger partial charge in [0.15, 0.2) is 0 Å². The van der Waals surface area contributed by atoms with E-state index in [4.69, 9.17) is 4.74 Å². The number of nitrogens with one attached hydrogen (secondary N) is 1. The van der Waals surface area contributed by atoms with E-state index in [1.54, 1.807) is 0 Å². The summed E-state index contributed by atoms with van der Waals surface area (Å²) in [5.74, 6) is 0.757. The van der Waals surface area contributed by atoms with E-state index in [0.29, 0.717) is 6.61 Å². The third kappa shape index (κ3) is 4.82. The van der Waals surface area contributed by atoms with Gasteiger partial charge in [-0.25, -0.2) is 0 Å². The van der Waals surface area contributed by atoms with Crippen LogP contribution >= 0.6 is 0 Å². The van der Waals surface area contributed by atoms with Crippen LogP contribution in [0.3, 0.4) is 0 Å². The Balaban J connectivity index is 2.55. The van der Waals surface area contributed by atoms with E-state index in [2.05, 4.69) is 26.1 Å². The molecule has 0 atom stereocenters. The smallest absolute Gasteiger partial charge is 0.221 e. The molecule has 1 N–H and O–H groups in total. The van der Waals surface area contributed by atoms with Gasteiger partial charge in [-0.3, -0.25) is 4.79 Å². The summed E-state index contributed by atoms with van der Waals surface area (Å²) in [6.45, 7) is 8.53. The third-order valence-corrected chi connectivity index (χ3v) is 1.85. The Morgan fingerprint density at radius 1 is 1.25 bits per heavy atom. The van der Waals surface area contributed by atoms with E-state index < -0.39 is 0 Å². The Kier molecular flexibility index (Phi) is 3.93. The highest BCUT2D eigenvalue weighted by molar-refractivity contribution is 5.88. The normalized spacial score (nSPS) is 11.0. The molecule has 0 saturated carbocycles. The van der Waals surface area contributed by atoms with E-state index in [-0.39, 0.29) is 11.3 Å². The van der Waals surface area contributed by atoms with Gasteiger partial charge in [0.05, 0.1) is 6.61 Å². The summed E-state index contributed by atoms with van der Waals surface area (Å²) in [4.78, 5) is 10.8. The summed E-state index contributed by atoms with van der Waals surface area (Å²) < 4.78 is 5.62. The molecule has 1 amide bonds. The van der Waals surface area contributed by atoms with Crippen molar-refractivity contribution in [1.29, 1.82) is 0 Å². The van der Waals surface area contributed by atoms with Crippen molar-refractivity contribution in [2.45, 2.75) is 27.7 Å². The monoisotopic (exact) mass is 221 g/mol. The highest BCUT2D eigenvalue weighted by Crippen LogP contribution is 2.19. The number of hydrogen-bond acceptors (Lipinski definition) is 2. The molecule has 0 unspecified atom stereocenters. The highest BCUT2D eigenvalue weighted by Gasteiger charge is 2.10. The molecular formula is C13H19NO2. The fourth-order valence-corrected chi connectivity index (χ4v) is 1.14. The zero-order valence-electron chi connectivity index (χ0n) is 10.3. The maximum Gasteiger partial charge on any atom is 0.221 e. The van der Waals surface area contributed by atoms with Crippen molar-refractivity contribution in [3.8, 4) is 5.75 Å². The van der Waals surface area contributed by atoms with Crippen molar-refractivity contribution in [2.24, 2.45) is 5.41 Å². The van der Waals surface area contributed by atoms with Gasteiger partial charge in [0.2, 0.25) is 5.91 Å². The molecule has 0 aromatic heterocycles. The Hall–Kier alpha value is -1.51. The molecule has 0 heterocycles. The average molecular weight is 221 g/mol. The number of carbonyl (C=O) groups is 1. The minimum atomic E-state index is -0.0663. The van der Waals surface area contributed by atoms with Crippen LogP contribution in [0.5, 0.6) is 5.75 Å². The summed E-state index contributed by atoms with van der Waals surface area (Å²) in [5, 5.41) is 2.71. The van der Waals surface area contributed by atoms with Gasteiger partial charge in [-0.2, -0.15) is 0 Å². The van der Waals surface area contributed by atoms with Gasteiger partial charge in [0.25, 0.3) is 0 Å². The fraction of sp³-hybridized carbons (Fsp3) is 0.462. The van der Waals surface area contributed by atoms with Crippen molar-refractivity contribution in [1.82, 2.24) is 0 Å². The number of carbonyl (C=O) groups excluding carboxylic acids is 1. The number of anilines is 1. The number of hydrogen-bond donors (Lipinski definition) is 1. The standard InChI is InChI=1S/C13H19NO2/c1-10(15)14-11-5-7-12(8-6-11)16-9-13(2,3)4/h5-8H,9H2,1-4H3,(H,14,15). The van der Waals surface area contributed by atoms with Crippen molar-refractivity contribution >= 4 is 11.6 Å². The third-order valence-electron chi connectivity index (χ3n) is 1.85. The van der Waals surface area contributed by atoms with Crippen LogP contribution in [0.15, 0.2) is 24.3 Å². The molecule has 0 fully saturated rings.